The molecule has 0 radical (unpaired) electrons. The molecule has 2 atom stereocenters. The van der Waals surface area contributed by atoms with Gasteiger partial charge in [0, 0.05) is 24.4 Å². The highest BCUT2D eigenvalue weighted by Gasteiger charge is 2.43. The smallest absolute Gasteiger partial charge is 0.0897 e. The van der Waals surface area contributed by atoms with Gasteiger partial charge in [-0.25, -0.2) is 4.98 Å². The first-order valence-electron chi connectivity index (χ1n) is 6.97. The molecule has 100 valence electrons. The first-order valence-corrected chi connectivity index (χ1v) is 7.85. The molecule has 0 aromatic carbocycles. The summed E-state index contributed by atoms with van der Waals surface area (Å²) in [6, 6.07) is 0.243. The maximum Gasteiger partial charge on any atom is 0.0897 e. The van der Waals surface area contributed by atoms with E-state index in [0.29, 0.717) is 5.92 Å². The Labute approximate surface area is 113 Å². The van der Waals surface area contributed by atoms with E-state index in [-0.39, 0.29) is 11.6 Å². The SMILES string of the molecule is Cc1nc(CC(N)C2CCOC3(CCC3)C2)cs1. The fourth-order valence-corrected chi connectivity index (χ4v) is 3.89. The third kappa shape index (κ3) is 2.46. The average molecular weight is 266 g/mol. The van der Waals surface area contributed by atoms with Gasteiger partial charge in [-0.3, -0.25) is 0 Å². The number of nitrogens with two attached hydrogens (primary N) is 1. The lowest BCUT2D eigenvalue weighted by atomic mass is 9.70. The molecule has 2 fully saturated rings. The predicted octanol–water partition coefficient (Wildman–Crippen LogP) is 2.67. The standard InChI is InChI=1S/C14H22N2OS/c1-10-16-12(9-18-10)7-13(15)11-3-6-17-14(8-11)4-2-5-14/h9,11,13H,2-8,15H2,1H3. The number of aryl methyl sites for hydroxylation is 1. The van der Waals surface area contributed by atoms with Gasteiger partial charge in [0.2, 0.25) is 0 Å². The Hall–Kier alpha value is -0.450. The fraction of sp³-hybridized carbons (Fsp3) is 0.786. The summed E-state index contributed by atoms with van der Waals surface area (Å²) >= 11 is 1.72. The zero-order valence-electron chi connectivity index (χ0n) is 11.0. The van der Waals surface area contributed by atoms with Gasteiger partial charge in [0.25, 0.3) is 0 Å². The van der Waals surface area contributed by atoms with Crippen molar-refractivity contribution in [2.75, 3.05) is 6.61 Å². The summed E-state index contributed by atoms with van der Waals surface area (Å²) in [7, 11) is 0. The zero-order chi connectivity index (χ0) is 12.6. The van der Waals surface area contributed by atoms with Crippen molar-refractivity contribution in [2.45, 2.75) is 57.1 Å². The molecule has 1 saturated carbocycles. The normalized spacial score (nSPS) is 28.0. The number of thiazole rings is 1. The van der Waals surface area contributed by atoms with Crippen molar-refractivity contribution in [2.24, 2.45) is 11.7 Å². The van der Waals surface area contributed by atoms with Crippen LogP contribution >= 0.6 is 11.3 Å². The van der Waals surface area contributed by atoms with Crippen molar-refractivity contribution in [3.05, 3.63) is 16.1 Å². The van der Waals surface area contributed by atoms with Crippen molar-refractivity contribution < 1.29 is 4.74 Å². The predicted molar refractivity (Wildman–Crippen MR) is 73.8 cm³/mol. The van der Waals surface area contributed by atoms with Crippen molar-refractivity contribution in [3.8, 4) is 0 Å². The Bertz CT molecular complexity index is 414. The van der Waals surface area contributed by atoms with E-state index in [2.05, 4.69) is 17.3 Å². The van der Waals surface area contributed by atoms with Crippen LogP contribution in [-0.2, 0) is 11.2 Å². The van der Waals surface area contributed by atoms with Gasteiger partial charge in [-0.2, -0.15) is 0 Å². The third-order valence-corrected chi connectivity index (χ3v) is 5.34. The van der Waals surface area contributed by atoms with Gasteiger partial charge in [-0.15, -0.1) is 11.3 Å². The number of aromatic nitrogens is 1. The molecule has 1 aliphatic carbocycles. The second-order valence-corrected chi connectivity index (χ2v) is 6.93. The Kier molecular flexibility index (Phi) is 3.43. The van der Waals surface area contributed by atoms with Crippen molar-refractivity contribution in [1.82, 2.24) is 4.98 Å². The lowest BCUT2D eigenvalue weighted by Gasteiger charge is -2.48. The number of hydrogen-bond acceptors (Lipinski definition) is 4. The van der Waals surface area contributed by atoms with Crippen LogP contribution in [0.4, 0.5) is 0 Å². The van der Waals surface area contributed by atoms with E-state index in [0.717, 1.165) is 30.9 Å². The maximum atomic E-state index is 6.40. The van der Waals surface area contributed by atoms with Gasteiger partial charge in [-0.05, 0) is 44.9 Å². The van der Waals surface area contributed by atoms with Crippen LogP contribution < -0.4 is 5.73 Å². The summed E-state index contributed by atoms with van der Waals surface area (Å²) in [5, 5.41) is 3.29. The highest BCUT2D eigenvalue weighted by molar-refractivity contribution is 7.09. The molecule has 2 aliphatic rings. The monoisotopic (exact) mass is 266 g/mol. The summed E-state index contributed by atoms with van der Waals surface area (Å²) < 4.78 is 5.97. The molecule has 3 nitrogen and oxygen atoms in total. The zero-order valence-corrected chi connectivity index (χ0v) is 11.8. The second-order valence-electron chi connectivity index (χ2n) is 5.86. The molecule has 2 N–H and O–H groups in total. The minimum Gasteiger partial charge on any atom is -0.375 e. The van der Waals surface area contributed by atoms with Gasteiger partial charge < -0.3 is 10.5 Å². The molecule has 1 aromatic rings. The van der Waals surface area contributed by atoms with E-state index >= 15 is 0 Å². The molecule has 2 heterocycles. The molecule has 1 spiro atoms. The van der Waals surface area contributed by atoms with Crippen molar-refractivity contribution >= 4 is 11.3 Å². The first-order chi connectivity index (χ1) is 8.67. The number of ether oxygens (including phenoxy) is 1. The quantitative estimate of drug-likeness (QED) is 0.915. The molecule has 0 bridgehead atoms. The molecule has 0 amide bonds. The molecular weight excluding hydrogens is 244 g/mol. The number of hydrogen-bond donors (Lipinski definition) is 1. The lowest BCUT2D eigenvalue weighted by Crippen LogP contribution is -2.49. The van der Waals surface area contributed by atoms with E-state index in [1.807, 2.05) is 0 Å². The molecule has 1 aliphatic heterocycles. The lowest BCUT2D eigenvalue weighted by molar-refractivity contribution is -0.145. The minimum absolute atomic E-state index is 0.207. The average Bonchev–Trinajstić information content (AvgIpc) is 2.73. The van der Waals surface area contributed by atoms with Gasteiger partial charge >= 0.3 is 0 Å². The van der Waals surface area contributed by atoms with Crippen LogP contribution in [-0.4, -0.2) is 23.2 Å². The van der Waals surface area contributed by atoms with Crippen LogP contribution in [0.25, 0.3) is 0 Å². The van der Waals surface area contributed by atoms with Gasteiger partial charge in [0.1, 0.15) is 0 Å². The molecular formula is C14H22N2OS. The van der Waals surface area contributed by atoms with E-state index < -0.39 is 0 Å². The van der Waals surface area contributed by atoms with Gasteiger partial charge in [-0.1, -0.05) is 0 Å². The largest absolute Gasteiger partial charge is 0.375 e. The van der Waals surface area contributed by atoms with Crippen molar-refractivity contribution in [1.29, 1.82) is 0 Å². The summed E-state index contributed by atoms with van der Waals surface area (Å²) in [5.74, 6) is 0.612. The molecule has 1 aromatic heterocycles. The maximum absolute atomic E-state index is 6.40. The topological polar surface area (TPSA) is 48.1 Å². The Balaban J connectivity index is 1.60. The number of nitrogens with zero attached hydrogens (tertiary/aromatic N) is 1. The molecule has 2 unspecified atom stereocenters. The molecule has 18 heavy (non-hydrogen) atoms. The van der Waals surface area contributed by atoms with Gasteiger partial charge in [0.05, 0.1) is 16.3 Å². The van der Waals surface area contributed by atoms with E-state index in [1.165, 1.54) is 25.0 Å². The highest BCUT2D eigenvalue weighted by Crippen LogP contribution is 2.44. The van der Waals surface area contributed by atoms with Gasteiger partial charge in [0.15, 0.2) is 0 Å². The summed E-state index contributed by atoms with van der Waals surface area (Å²) in [6.07, 6.45) is 7.01. The van der Waals surface area contributed by atoms with E-state index in [4.69, 9.17) is 10.5 Å². The fourth-order valence-electron chi connectivity index (χ4n) is 3.26. The van der Waals surface area contributed by atoms with Crippen LogP contribution in [0.2, 0.25) is 0 Å². The highest BCUT2D eigenvalue weighted by atomic mass is 32.1. The van der Waals surface area contributed by atoms with Crippen LogP contribution in [0.5, 0.6) is 0 Å². The Morgan fingerprint density at radius 2 is 2.44 bits per heavy atom. The Morgan fingerprint density at radius 3 is 3.06 bits per heavy atom. The van der Waals surface area contributed by atoms with Crippen molar-refractivity contribution in [3.63, 3.8) is 0 Å². The minimum atomic E-state index is 0.207. The second kappa shape index (κ2) is 4.91. The third-order valence-electron chi connectivity index (χ3n) is 4.51. The summed E-state index contributed by atoms with van der Waals surface area (Å²) in [6.45, 7) is 2.95. The Morgan fingerprint density at radius 1 is 1.61 bits per heavy atom. The first kappa shape index (κ1) is 12.6. The van der Waals surface area contributed by atoms with E-state index in [1.54, 1.807) is 11.3 Å². The van der Waals surface area contributed by atoms with Crippen LogP contribution in [0.3, 0.4) is 0 Å². The molecule has 3 rings (SSSR count). The van der Waals surface area contributed by atoms with E-state index in [9.17, 15) is 0 Å². The van der Waals surface area contributed by atoms with Crippen LogP contribution in [0.15, 0.2) is 5.38 Å². The van der Waals surface area contributed by atoms with Crippen LogP contribution in [0, 0.1) is 12.8 Å². The molecule has 4 heteroatoms. The molecule has 1 saturated heterocycles. The van der Waals surface area contributed by atoms with Crippen LogP contribution in [0.1, 0.15) is 42.8 Å². The number of rotatable bonds is 3. The summed E-state index contributed by atoms with van der Waals surface area (Å²) in [4.78, 5) is 4.52. The summed E-state index contributed by atoms with van der Waals surface area (Å²) in [5.41, 5.74) is 7.77.